The third kappa shape index (κ3) is 55.7. The summed E-state index contributed by atoms with van der Waals surface area (Å²) in [5.41, 5.74) is 0. The Morgan fingerprint density at radius 2 is 0.671 bits per heavy atom. The molecule has 0 saturated heterocycles. The fraction of sp³-hybridized carbons (Fsp3) is 0.906. The molecule has 0 aliphatic carbocycles. The zero-order valence-corrected chi connectivity index (χ0v) is 47.3. The molecule has 414 valence electrons. The minimum Gasteiger partial charge on any atom is -0.466 e. The van der Waals surface area contributed by atoms with Crippen LogP contribution < -0.4 is 5.32 Å². The van der Waals surface area contributed by atoms with E-state index < -0.39 is 12.1 Å². The van der Waals surface area contributed by atoms with Crippen LogP contribution in [0.3, 0.4) is 0 Å². The van der Waals surface area contributed by atoms with E-state index in [0.29, 0.717) is 19.4 Å². The first-order valence-electron chi connectivity index (χ1n) is 31.6. The van der Waals surface area contributed by atoms with Crippen LogP contribution in [0, 0.1) is 0 Å². The van der Waals surface area contributed by atoms with Gasteiger partial charge in [0.25, 0.3) is 0 Å². The fourth-order valence-electron chi connectivity index (χ4n) is 9.87. The average Bonchev–Trinajstić information content (AvgIpc) is 3.36. The largest absolute Gasteiger partial charge is 0.466 e. The number of hydrogen-bond acceptors (Lipinski definition) is 5. The summed E-state index contributed by atoms with van der Waals surface area (Å²) in [4.78, 5) is 24.6. The zero-order valence-electron chi connectivity index (χ0n) is 47.3. The summed E-state index contributed by atoms with van der Waals surface area (Å²) in [5, 5.41) is 23.2. The van der Waals surface area contributed by atoms with Crippen LogP contribution in [-0.4, -0.2) is 47.4 Å². The normalized spacial score (nSPS) is 12.7. The van der Waals surface area contributed by atoms with Crippen LogP contribution in [-0.2, 0) is 14.3 Å². The lowest BCUT2D eigenvalue weighted by Crippen LogP contribution is -2.45. The molecule has 0 rings (SSSR count). The molecule has 6 heteroatoms. The second kappa shape index (κ2) is 59.9. The predicted octanol–water partition coefficient (Wildman–Crippen LogP) is 19.8. The van der Waals surface area contributed by atoms with Crippen LogP contribution in [0.25, 0.3) is 0 Å². The van der Waals surface area contributed by atoms with E-state index in [1.165, 1.54) is 276 Å². The first-order chi connectivity index (χ1) is 34.5. The molecule has 1 amide bonds. The van der Waals surface area contributed by atoms with Crippen molar-refractivity contribution in [2.75, 3.05) is 13.2 Å². The van der Waals surface area contributed by atoms with E-state index in [1.807, 2.05) is 6.08 Å². The van der Waals surface area contributed by atoms with E-state index in [0.717, 1.165) is 44.9 Å². The van der Waals surface area contributed by atoms with Crippen molar-refractivity contribution in [3.63, 3.8) is 0 Å². The van der Waals surface area contributed by atoms with Gasteiger partial charge in [0.05, 0.1) is 25.4 Å². The Labute approximate surface area is 437 Å². The Morgan fingerprint density at radius 1 is 0.386 bits per heavy atom. The Kier molecular flexibility index (Phi) is 58.5. The fourth-order valence-corrected chi connectivity index (χ4v) is 9.87. The van der Waals surface area contributed by atoms with Gasteiger partial charge < -0.3 is 20.3 Å². The van der Waals surface area contributed by atoms with Gasteiger partial charge in [0.15, 0.2) is 0 Å². The zero-order chi connectivity index (χ0) is 50.7. The molecular weight excluding hydrogens is 863 g/mol. The molecule has 0 bridgehead atoms. The van der Waals surface area contributed by atoms with Gasteiger partial charge >= 0.3 is 5.97 Å². The van der Waals surface area contributed by atoms with E-state index in [4.69, 9.17) is 4.74 Å². The Bertz CT molecular complexity index is 1090. The van der Waals surface area contributed by atoms with Gasteiger partial charge in [-0.2, -0.15) is 0 Å². The molecular formula is C64H123NO5. The molecule has 6 nitrogen and oxygen atoms in total. The molecule has 0 spiro atoms. The molecule has 3 N–H and O–H groups in total. The number of carbonyl (C=O) groups is 2. The van der Waals surface area contributed by atoms with Crippen molar-refractivity contribution in [1.82, 2.24) is 5.32 Å². The highest BCUT2D eigenvalue weighted by molar-refractivity contribution is 5.76. The lowest BCUT2D eigenvalue weighted by molar-refractivity contribution is -0.143. The summed E-state index contributed by atoms with van der Waals surface area (Å²) in [6.45, 7) is 4.91. The number of amides is 1. The topological polar surface area (TPSA) is 95.9 Å². The molecule has 0 heterocycles. The maximum Gasteiger partial charge on any atom is 0.305 e. The predicted molar refractivity (Wildman–Crippen MR) is 306 cm³/mol. The average molecular weight is 987 g/mol. The van der Waals surface area contributed by atoms with Crippen LogP contribution in [0.4, 0.5) is 0 Å². The molecule has 70 heavy (non-hydrogen) atoms. The van der Waals surface area contributed by atoms with E-state index in [-0.39, 0.29) is 18.5 Å². The minimum atomic E-state index is -0.850. The third-order valence-electron chi connectivity index (χ3n) is 14.7. The Hall–Kier alpha value is -1.66. The highest BCUT2D eigenvalue weighted by Gasteiger charge is 2.18. The highest BCUT2D eigenvalue weighted by Crippen LogP contribution is 2.18. The smallest absolute Gasteiger partial charge is 0.305 e. The van der Waals surface area contributed by atoms with Gasteiger partial charge in [-0.25, -0.2) is 0 Å². The van der Waals surface area contributed by atoms with E-state index >= 15 is 0 Å². The number of hydrogen-bond donors (Lipinski definition) is 3. The second-order valence-electron chi connectivity index (χ2n) is 21.7. The van der Waals surface area contributed by atoms with Gasteiger partial charge in [-0.15, -0.1) is 0 Å². The summed E-state index contributed by atoms with van der Waals surface area (Å²) >= 11 is 0. The first-order valence-corrected chi connectivity index (χ1v) is 31.6. The van der Waals surface area contributed by atoms with Crippen molar-refractivity contribution in [2.45, 2.75) is 360 Å². The van der Waals surface area contributed by atoms with E-state index in [9.17, 15) is 19.8 Å². The third-order valence-corrected chi connectivity index (χ3v) is 14.7. The molecule has 2 atom stereocenters. The van der Waals surface area contributed by atoms with E-state index in [2.05, 4.69) is 31.3 Å². The van der Waals surface area contributed by atoms with Crippen LogP contribution >= 0.6 is 0 Å². The maximum absolute atomic E-state index is 12.5. The van der Waals surface area contributed by atoms with Crippen molar-refractivity contribution in [2.24, 2.45) is 0 Å². The molecule has 0 aromatic heterocycles. The van der Waals surface area contributed by atoms with Gasteiger partial charge in [-0.05, 0) is 57.8 Å². The number of allylic oxidation sites excluding steroid dienone is 3. The lowest BCUT2D eigenvalue weighted by Gasteiger charge is -2.20. The number of carbonyl (C=O) groups excluding carboxylic acids is 2. The van der Waals surface area contributed by atoms with Gasteiger partial charge in [0, 0.05) is 12.8 Å². The first kappa shape index (κ1) is 68.3. The quantitative estimate of drug-likeness (QED) is 0.0321. The molecule has 0 aromatic rings. The van der Waals surface area contributed by atoms with Crippen molar-refractivity contribution in [1.29, 1.82) is 0 Å². The lowest BCUT2D eigenvalue weighted by atomic mass is 10.0. The number of rotatable bonds is 59. The van der Waals surface area contributed by atoms with Gasteiger partial charge in [0.1, 0.15) is 0 Å². The SMILES string of the molecule is CCCCCCCC/C=C\CCCCCCCC(=O)OCCCCCCCCCCCCCCCCCCC(=O)NC(CO)C(O)/C=C/CCCCCCCCCCCCCCCCCCCCCC. The summed E-state index contributed by atoms with van der Waals surface area (Å²) in [6.07, 6.45) is 73.5. The molecule has 0 aliphatic rings. The van der Waals surface area contributed by atoms with Crippen molar-refractivity contribution < 1.29 is 24.5 Å². The van der Waals surface area contributed by atoms with Crippen molar-refractivity contribution >= 4 is 11.9 Å². The monoisotopic (exact) mass is 986 g/mol. The number of ether oxygens (including phenoxy) is 1. The Morgan fingerprint density at radius 3 is 1.01 bits per heavy atom. The number of esters is 1. The summed E-state index contributed by atoms with van der Waals surface area (Å²) < 4.78 is 5.48. The number of nitrogens with one attached hydrogen (secondary N) is 1. The maximum atomic E-state index is 12.5. The molecule has 0 fully saturated rings. The van der Waals surface area contributed by atoms with Gasteiger partial charge in [0.2, 0.25) is 5.91 Å². The van der Waals surface area contributed by atoms with Crippen LogP contribution in [0.2, 0.25) is 0 Å². The van der Waals surface area contributed by atoms with Gasteiger partial charge in [-0.1, -0.05) is 301 Å². The molecule has 0 radical (unpaired) electrons. The van der Waals surface area contributed by atoms with E-state index in [1.54, 1.807) is 6.08 Å². The summed E-state index contributed by atoms with van der Waals surface area (Å²) in [5.74, 6) is -0.0766. The molecule has 0 aliphatic heterocycles. The molecule has 0 saturated carbocycles. The summed E-state index contributed by atoms with van der Waals surface area (Å²) in [6, 6.07) is -0.634. The summed E-state index contributed by atoms with van der Waals surface area (Å²) in [7, 11) is 0. The second-order valence-corrected chi connectivity index (χ2v) is 21.7. The van der Waals surface area contributed by atoms with Crippen LogP contribution in [0.5, 0.6) is 0 Å². The van der Waals surface area contributed by atoms with Crippen LogP contribution in [0.1, 0.15) is 348 Å². The van der Waals surface area contributed by atoms with Gasteiger partial charge in [-0.3, -0.25) is 9.59 Å². The molecule has 2 unspecified atom stereocenters. The van der Waals surface area contributed by atoms with Crippen LogP contribution in [0.15, 0.2) is 24.3 Å². The minimum absolute atomic E-state index is 0.00504. The number of unbranched alkanes of at least 4 members (excludes halogenated alkanes) is 46. The molecule has 0 aromatic carbocycles. The van der Waals surface area contributed by atoms with Crippen molar-refractivity contribution in [3.8, 4) is 0 Å². The standard InChI is InChI=1S/C64H123NO5/c1-3-5-7-9-11-13-15-17-19-20-21-22-23-24-25-29-32-36-40-44-48-52-56-62(67)61(60-66)65-63(68)57-53-49-45-41-37-33-30-26-27-31-35-39-43-47-51-55-59-70-64(69)58-54-50-46-42-38-34-28-18-16-14-12-10-8-6-4-2/h18,28,52,56,61-62,66-67H,3-17,19-27,29-51,53-55,57-60H2,1-2H3,(H,65,68)/b28-18-,56-52+. The highest BCUT2D eigenvalue weighted by atomic mass is 16.5. The van der Waals surface area contributed by atoms with Crippen molar-refractivity contribution in [3.05, 3.63) is 24.3 Å². The Balaban J connectivity index is 3.45. The number of aliphatic hydroxyl groups is 2. The number of aliphatic hydroxyl groups excluding tert-OH is 2.